The van der Waals surface area contributed by atoms with Gasteiger partial charge in [0.2, 0.25) is 0 Å². The van der Waals surface area contributed by atoms with Crippen LogP contribution in [0.1, 0.15) is 0 Å². The van der Waals surface area contributed by atoms with Gasteiger partial charge in [0, 0.05) is 0 Å². The van der Waals surface area contributed by atoms with Gasteiger partial charge in [-0.3, -0.25) is 4.79 Å². The number of nitrogens with one attached hydrogen (secondary N) is 1. The summed E-state index contributed by atoms with van der Waals surface area (Å²) in [7, 11) is 0. The van der Waals surface area contributed by atoms with E-state index in [2.05, 4.69) is 22.6 Å². The van der Waals surface area contributed by atoms with Crippen LogP contribution in [-0.2, 0) is 9.63 Å². The maximum absolute atomic E-state index is 10.4. The van der Waals surface area contributed by atoms with Gasteiger partial charge < -0.3 is 10.2 Å². The summed E-state index contributed by atoms with van der Waals surface area (Å²) in [6, 6.07) is 0. The van der Waals surface area contributed by atoms with Crippen LogP contribution < -0.4 is 11.2 Å². The summed E-state index contributed by atoms with van der Waals surface area (Å²) in [5, 5.41) is 2.08. The molecule has 0 bridgehead atoms. The average Bonchev–Trinajstić information content (AvgIpc) is 1.99. The van der Waals surface area contributed by atoms with Crippen molar-refractivity contribution >= 4 is 11.9 Å². The smallest absolute Gasteiger partial charge is 0.357 e. The van der Waals surface area contributed by atoms with E-state index in [0.29, 0.717) is 0 Å². The van der Waals surface area contributed by atoms with Gasteiger partial charge in [0.15, 0.2) is 5.78 Å². The molecule has 0 saturated carbocycles. The molecule has 0 aromatic rings. The third kappa shape index (κ3) is 3.62. The van der Waals surface area contributed by atoms with Gasteiger partial charge in [-0.2, -0.15) is 5.90 Å². The van der Waals surface area contributed by atoms with Crippen LogP contribution in [0.2, 0.25) is 0 Å². The Kier molecular flexibility index (Phi) is 3.90. The predicted octanol–water partition coefficient (Wildman–Crippen LogP) is -0.659. The lowest BCUT2D eigenvalue weighted by molar-refractivity contribution is -0.113. The van der Waals surface area contributed by atoms with E-state index in [1.54, 1.807) is 0 Å². The zero-order valence-corrected chi connectivity index (χ0v) is 5.29. The molecule has 0 spiro atoms. The van der Waals surface area contributed by atoms with Crippen LogP contribution in [0.4, 0.5) is 4.79 Å². The maximum Gasteiger partial charge on any atom is 0.426 e. The van der Waals surface area contributed by atoms with E-state index in [-0.39, 0.29) is 12.3 Å². The van der Waals surface area contributed by atoms with Crippen molar-refractivity contribution in [3.8, 4) is 0 Å². The van der Waals surface area contributed by atoms with Gasteiger partial charge in [-0.1, -0.05) is 6.58 Å². The summed E-state index contributed by atoms with van der Waals surface area (Å²) in [5.41, 5.74) is 0. The van der Waals surface area contributed by atoms with Gasteiger partial charge in [-0.25, -0.2) is 4.79 Å². The Hall–Kier alpha value is -1.36. The fraction of sp³-hybridized carbons (Fsp3) is 0.200. The number of amides is 1. The van der Waals surface area contributed by atoms with Crippen molar-refractivity contribution in [1.82, 2.24) is 5.32 Å². The third-order valence-corrected chi connectivity index (χ3v) is 0.742. The topological polar surface area (TPSA) is 81.4 Å². The second kappa shape index (κ2) is 4.51. The first-order valence-corrected chi connectivity index (χ1v) is 2.50. The molecule has 0 heterocycles. The lowest BCUT2D eigenvalue weighted by Gasteiger charge is -1.97. The fourth-order valence-corrected chi connectivity index (χ4v) is 0.273. The molecule has 3 N–H and O–H groups in total. The molecule has 1 amide bonds. The van der Waals surface area contributed by atoms with Crippen LogP contribution in [-0.4, -0.2) is 18.4 Å². The molecule has 0 aliphatic carbocycles. The van der Waals surface area contributed by atoms with Crippen molar-refractivity contribution in [3.63, 3.8) is 0 Å². The van der Waals surface area contributed by atoms with E-state index in [1.165, 1.54) is 0 Å². The van der Waals surface area contributed by atoms with E-state index < -0.39 is 6.09 Å². The van der Waals surface area contributed by atoms with Crippen molar-refractivity contribution < 1.29 is 14.4 Å². The van der Waals surface area contributed by atoms with Crippen LogP contribution >= 0.6 is 0 Å². The maximum atomic E-state index is 10.4. The summed E-state index contributed by atoms with van der Waals surface area (Å²) in [6.45, 7) is 3.05. The zero-order chi connectivity index (χ0) is 7.98. The number of nitrogens with two attached hydrogens (primary N) is 1. The molecular weight excluding hydrogens is 136 g/mol. The minimum absolute atomic E-state index is 0.139. The van der Waals surface area contributed by atoms with Crippen molar-refractivity contribution in [2.45, 2.75) is 0 Å². The lowest BCUT2D eigenvalue weighted by atomic mass is 10.4. The van der Waals surface area contributed by atoms with E-state index >= 15 is 0 Å². The lowest BCUT2D eigenvalue weighted by Crippen LogP contribution is -2.30. The van der Waals surface area contributed by atoms with Crippen molar-refractivity contribution in [3.05, 3.63) is 12.7 Å². The van der Waals surface area contributed by atoms with Gasteiger partial charge >= 0.3 is 6.09 Å². The molecule has 0 aromatic heterocycles. The standard InChI is InChI=1S/C5H8N2O3/c1-2-4(8)3-7-5(9)10-6/h2H,1,3,6H2,(H,7,9). The Morgan fingerprint density at radius 2 is 2.30 bits per heavy atom. The summed E-state index contributed by atoms with van der Waals surface area (Å²) in [6.07, 6.45) is 0.256. The summed E-state index contributed by atoms with van der Waals surface area (Å²) >= 11 is 0. The Balaban J connectivity index is 3.44. The number of ketones is 1. The number of rotatable bonds is 3. The summed E-state index contributed by atoms with van der Waals surface area (Å²) < 4.78 is 0. The number of carbonyl (C=O) groups is 2. The van der Waals surface area contributed by atoms with Crippen LogP contribution in [0.5, 0.6) is 0 Å². The number of hydrogen-bond acceptors (Lipinski definition) is 4. The average molecular weight is 144 g/mol. The molecule has 0 unspecified atom stereocenters. The first-order chi connectivity index (χ1) is 4.70. The normalized spacial score (nSPS) is 8.10. The van der Waals surface area contributed by atoms with Gasteiger partial charge in [-0.15, -0.1) is 0 Å². The van der Waals surface area contributed by atoms with Crippen LogP contribution in [0.15, 0.2) is 12.7 Å². The van der Waals surface area contributed by atoms with E-state index in [4.69, 9.17) is 0 Å². The highest BCUT2D eigenvalue weighted by molar-refractivity contribution is 5.92. The molecule has 56 valence electrons. The van der Waals surface area contributed by atoms with Gasteiger partial charge in [0.1, 0.15) is 0 Å². The number of hydrogen-bond donors (Lipinski definition) is 2. The van der Waals surface area contributed by atoms with Crippen molar-refractivity contribution in [2.24, 2.45) is 5.90 Å². The zero-order valence-electron chi connectivity index (χ0n) is 5.29. The van der Waals surface area contributed by atoms with Crippen LogP contribution in [0, 0.1) is 0 Å². The van der Waals surface area contributed by atoms with Gasteiger partial charge in [-0.05, 0) is 6.08 Å². The van der Waals surface area contributed by atoms with Gasteiger partial charge in [0.25, 0.3) is 0 Å². The summed E-state index contributed by atoms with van der Waals surface area (Å²) in [4.78, 5) is 24.3. The second-order valence-electron chi connectivity index (χ2n) is 1.43. The molecule has 0 aromatic carbocycles. The van der Waals surface area contributed by atoms with Crippen LogP contribution in [0.25, 0.3) is 0 Å². The minimum atomic E-state index is -0.838. The molecule has 5 nitrogen and oxygen atoms in total. The molecule has 0 atom stereocenters. The fourth-order valence-electron chi connectivity index (χ4n) is 0.273. The molecule has 0 aliphatic heterocycles. The Morgan fingerprint density at radius 3 is 2.70 bits per heavy atom. The van der Waals surface area contributed by atoms with Crippen LogP contribution in [0.3, 0.4) is 0 Å². The molecule has 10 heavy (non-hydrogen) atoms. The Bertz CT molecular complexity index is 155. The minimum Gasteiger partial charge on any atom is -0.357 e. The van der Waals surface area contributed by atoms with Gasteiger partial charge in [0.05, 0.1) is 6.54 Å². The molecule has 5 heteroatoms. The predicted molar refractivity (Wildman–Crippen MR) is 33.9 cm³/mol. The highest BCUT2D eigenvalue weighted by Gasteiger charge is 2.00. The Labute approximate surface area is 57.8 Å². The number of carbonyl (C=O) groups excluding carboxylic acids is 2. The molecule has 0 fully saturated rings. The van der Waals surface area contributed by atoms with Crippen molar-refractivity contribution in [2.75, 3.05) is 6.54 Å². The molecule has 0 saturated heterocycles. The SMILES string of the molecule is C=CC(=O)CNC(=O)ON. The third-order valence-electron chi connectivity index (χ3n) is 0.742. The van der Waals surface area contributed by atoms with Crippen molar-refractivity contribution in [1.29, 1.82) is 0 Å². The second-order valence-corrected chi connectivity index (χ2v) is 1.43. The van der Waals surface area contributed by atoms with E-state index in [9.17, 15) is 9.59 Å². The van der Waals surface area contributed by atoms with E-state index in [1.807, 2.05) is 0 Å². The first-order valence-electron chi connectivity index (χ1n) is 2.50. The molecule has 0 rings (SSSR count). The monoisotopic (exact) mass is 144 g/mol. The Morgan fingerprint density at radius 1 is 1.70 bits per heavy atom. The van der Waals surface area contributed by atoms with E-state index in [0.717, 1.165) is 6.08 Å². The molecular formula is C5H8N2O3. The molecule has 0 radical (unpaired) electrons. The highest BCUT2D eigenvalue weighted by atomic mass is 16.7. The summed E-state index contributed by atoms with van der Waals surface area (Å²) in [5.74, 6) is 4.15. The first kappa shape index (κ1) is 8.64. The molecule has 0 aliphatic rings. The highest BCUT2D eigenvalue weighted by Crippen LogP contribution is 1.71. The quantitative estimate of drug-likeness (QED) is 0.407. The largest absolute Gasteiger partial charge is 0.426 e.